The summed E-state index contributed by atoms with van der Waals surface area (Å²) in [6, 6.07) is 0.867. The van der Waals surface area contributed by atoms with Gasteiger partial charge in [0, 0.05) is 0 Å². The Kier molecular flexibility index (Phi) is 5.56. The van der Waals surface area contributed by atoms with E-state index >= 15 is 0 Å². The molecule has 0 radical (unpaired) electrons. The van der Waals surface area contributed by atoms with Gasteiger partial charge in [0.1, 0.15) is 4.90 Å². The number of halogens is 5. The number of alkyl halides is 2. The SMILES string of the molecule is NS(=O)(=O)c1cc(Cl)c(Cl)c(C(=O)NCC(F)F)c1Cl. The molecule has 0 saturated carbocycles. The molecule has 0 aromatic heterocycles. The fourth-order valence-corrected chi connectivity index (χ4v) is 2.99. The van der Waals surface area contributed by atoms with Gasteiger partial charge in [0.05, 0.1) is 27.2 Å². The largest absolute Gasteiger partial charge is 0.346 e. The number of amides is 1. The van der Waals surface area contributed by atoms with Crippen molar-refractivity contribution in [3.63, 3.8) is 0 Å². The maximum absolute atomic E-state index is 12.0. The number of primary sulfonamides is 1. The third-order valence-electron chi connectivity index (χ3n) is 2.07. The highest BCUT2D eigenvalue weighted by Gasteiger charge is 2.25. The van der Waals surface area contributed by atoms with Crippen LogP contribution in [0.5, 0.6) is 0 Å². The lowest BCUT2D eigenvalue weighted by Gasteiger charge is -2.12. The van der Waals surface area contributed by atoms with Crippen LogP contribution in [0.2, 0.25) is 15.1 Å². The summed E-state index contributed by atoms with van der Waals surface area (Å²) in [7, 11) is -4.26. The predicted octanol–water partition coefficient (Wildman–Crippen LogP) is 2.29. The number of rotatable bonds is 4. The monoisotopic (exact) mass is 366 g/mol. The molecule has 5 nitrogen and oxygen atoms in total. The van der Waals surface area contributed by atoms with Crippen molar-refractivity contribution in [2.45, 2.75) is 11.3 Å². The van der Waals surface area contributed by atoms with Crippen molar-refractivity contribution >= 4 is 50.7 Å². The zero-order valence-corrected chi connectivity index (χ0v) is 12.5. The lowest BCUT2D eigenvalue weighted by atomic mass is 10.2. The first-order chi connectivity index (χ1) is 9.05. The number of carbonyl (C=O) groups excluding carboxylic acids is 1. The smallest absolute Gasteiger partial charge is 0.255 e. The van der Waals surface area contributed by atoms with Gasteiger partial charge in [-0.25, -0.2) is 22.3 Å². The van der Waals surface area contributed by atoms with Gasteiger partial charge in [-0.05, 0) is 6.07 Å². The van der Waals surface area contributed by atoms with E-state index < -0.39 is 44.4 Å². The third-order valence-corrected chi connectivity index (χ3v) is 4.30. The average molecular weight is 368 g/mol. The lowest BCUT2D eigenvalue weighted by Crippen LogP contribution is -2.29. The topological polar surface area (TPSA) is 89.3 Å². The number of carbonyl (C=O) groups is 1. The second-order valence-corrected chi connectivity index (χ2v) is 6.20. The highest BCUT2D eigenvalue weighted by Crippen LogP contribution is 2.36. The minimum Gasteiger partial charge on any atom is -0.346 e. The molecule has 0 bridgehead atoms. The maximum Gasteiger partial charge on any atom is 0.255 e. The van der Waals surface area contributed by atoms with Crippen LogP contribution in [-0.2, 0) is 10.0 Å². The molecular formula is C9H7Cl3F2N2O3S. The molecule has 0 saturated heterocycles. The van der Waals surface area contributed by atoms with Crippen molar-refractivity contribution in [3.05, 3.63) is 26.7 Å². The quantitative estimate of drug-likeness (QED) is 0.800. The van der Waals surface area contributed by atoms with E-state index in [0.717, 1.165) is 6.07 Å². The Balaban J connectivity index is 3.39. The van der Waals surface area contributed by atoms with E-state index in [2.05, 4.69) is 0 Å². The number of hydrogen-bond acceptors (Lipinski definition) is 3. The van der Waals surface area contributed by atoms with Gasteiger partial charge in [-0.2, -0.15) is 0 Å². The first-order valence-electron chi connectivity index (χ1n) is 4.82. The second kappa shape index (κ2) is 6.40. The molecule has 0 unspecified atom stereocenters. The fourth-order valence-electron chi connectivity index (χ4n) is 1.25. The van der Waals surface area contributed by atoms with Crippen LogP contribution in [0.25, 0.3) is 0 Å². The van der Waals surface area contributed by atoms with E-state index in [4.69, 9.17) is 39.9 Å². The second-order valence-electron chi connectivity index (χ2n) is 3.51. The van der Waals surface area contributed by atoms with E-state index in [9.17, 15) is 22.0 Å². The third kappa shape index (κ3) is 3.92. The molecule has 112 valence electrons. The van der Waals surface area contributed by atoms with Crippen molar-refractivity contribution in [1.29, 1.82) is 0 Å². The molecular weight excluding hydrogens is 361 g/mol. The maximum atomic E-state index is 12.0. The first-order valence-corrected chi connectivity index (χ1v) is 7.50. The number of benzene rings is 1. The minimum atomic E-state index is -4.26. The molecule has 11 heteroatoms. The average Bonchev–Trinajstić information content (AvgIpc) is 2.30. The standard InChI is InChI=1S/C9H7Cl3F2N2O3S/c10-3-1-4(20(15,18)19)8(12)6(7(3)11)9(17)16-2-5(13)14/h1,5H,2H2,(H,16,17)(H2,15,18,19). The molecule has 0 spiro atoms. The van der Waals surface area contributed by atoms with Gasteiger partial charge < -0.3 is 5.32 Å². The summed E-state index contributed by atoms with van der Waals surface area (Å²) in [5.41, 5.74) is -0.537. The van der Waals surface area contributed by atoms with Gasteiger partial charge in [0.25, 0.3) is 12.3 Å². The Labute approximate surface area is 128 Å². The van der Waals surface area contributed by atoms with Crippen molar-refractivity contribution in [2.75, 3.05) is 6.54 Å². The summed E-state index contributed by atoms with van der Waals surface area (Å²) >= 11 is 17.1. The van der Waals surface area contributed by atoms with Crippen LogP contribution in [0, 0.1) is 0 Å². The van der Waals surface area contributed by atoms with Crippen LogP contribution in [-0.4, -0.2) is 27.3 Å². The molecule has 1 amide bonds. The van der Waals surface area contributed by atoms with Crippen molar-refractivity contribution < 1.29 is 22.0 Å². The van der Waals surface area contributed by atoms with E-state index in [1.807, 2.05) is 5.32 Å². The van der Waals surface area contributed by atoms with Crippen LogP contribution >= 0.6 is 34.8 Å². The van der Waals surface area contributed by atoms with E-state index in [1.54, 1.807) is 0 Å². The Bertz CT molecular complexity index is 652. The molecule has 1 aromatic carbocycles. The number of sulfonamides is 1. The highest BCUT2D eigenvalue weighted by molar-refractivity contribution is 7.89. The van der Waals surface area contributed by atoms with Gasteiger partial charge in [-0.1, -0.05) is 34.8 Å². The molecule has 1 rings (SSSR count). The van der Waals surface area contributed by atoms with E-state index in [-0.39, 0.29) is 10.0 Å². The Morgan fingerprint density at radius 2 is 1.85 bits per heavy atom. The summed E-state index contributed by atoms with van der Waals surface area (Å²) in [5, 5.41) is 5.48. The molecule has 3 N–H and O–H groups in total. The zero-order chi connectivity index (χ0) is 15.7. The van der Waals surface area contributed by atoms with Crippen molar-refractivity contribution in [3.8, 4) is 0 Å². The molecule has 0 heterocycles. The van der Waals surface area contributed by atoms with Crippen molar-refractivity contribution in [1.82, 2.24) is 5.32 Å². The number of hydrogen-bond donors (Lipinski definition) is 2. The van der Waals surface area contributed by atoms with E-state index in [0.29, 0.717) is 0 Å². The van der Waals surface area contributed by atoms with E-state index in [1.165, 1.54) is 0 Å². The van der Waals surface area contributed by atoms with Gasteiger partial charge in [-0.3, -0.25) is 4.79 Å². The molecule has 0 aliphatic heterocycles. The number of nitrogens with one attached hydrogen (secondary N) is 1. The Morgan fingerprint density at radius 3 is 2.30 bits per heavy atom. The Hall–Kier alpha value is -0.670. The molecule has 0 fully saturated rings. The van der Waals surface area contributed by atoms with Crippen LogP contribution in [0.3, 0.4) is 0 Å². The van der Waals surface area contributed by atoms with Gasteiger partial charge in [0.2, 0.25) is 10.0 Å². The van der Waals surface area contributed by atoms with Gasteiger partial charge >= 0.3 is 0 Å². The number of nitrogens with two attached hydrogens (primary N) is 1. The summed E-state index contributed by atoms with van der Waals surface area (Å²) in [5.74, 6) is -1.09. The van der Waals surface area contributed by atoms with Gasteiger partial charge in [-0.15, -0.1) is 0 Å². The molecule has 0 aliphatic rings. The lowest BCUT2D eigenvalue weighted by molar-refractivity contribution is 0.0892. The van der Waals surface area contributed by atoms with Gasteiger partial charge in [0.15, 0.2) is 0 Å². The summed E-state index contributed by atoms with van der Waals surface area (Å²) in [6.07, 6.45) is -2.80. The van der Waals surface area contributed by atoms with Crippen LogP contribution in [0.4, 0.5) is 8.78 Å². The highest BCUT2D eigenvalue weighted by atomic mass is 35.5. The summed E-state index contributed by atoms with van der Waals surface area (Å²) in [4.78, 5) is 11.1. The molecule has 0 aliphatic carbocycles. The minimum absolute atomic E-state index is 0.303. The molecule has 0 atom stereocenters. The first kappa shape index (κ1) is 17.4. The van der Waals surface area contributed by atoms with Crippen LogP contribution < -0.4 is 10.5 Å². The predicted molar refractivity (Wildman–Crippen MR) is 71.2 cm³/mol. The normalized spacial score (nSPS) is 11.8. The van der Waals surface area contributed by atoms with Crippen molar-refractivity contribution in [2.24, 2.45) is 5.14 Å². The molecule has 1 aromatic rings. The van der Waals surface area contributed by atoms with Crippen LogP contribution in [0.1, 0.15) is 10.4 Å². The Morgan fingerprint density at radius 1 is 1.30 bits per heavy atom. The zero-order valence-electron chi connectivity index (χ0n) is 9.46. The summed E-state index contributed by atoms with van der Waals surface area (Å²) in [6.45, 7) is -0.956. The summed E-state index contributed by atoms with van der Waals surface area (Å²) < 4.78 is 46.7. The fraction of sp³-hybridized carbons (Fsp3) is 0.222. The van der Waals surface area contributed by atoms with Crippen LogP contribution in [0.15, 0.2) is 11.0 Å². The molecule has 20 heavy (non-hydrogen) atoms.